The molecular weight excluding hydrogens is 286 g/mol. The molecule has 2 aromatic rings. The third-order valence-corrected chi connectivity index (χ3v) is 4.78. The van der Waals surface area contributed by atoms with Crippen LogP contribution in [0.5, 0.6) is 0 Å². The summed E-state index contributed by atoms with van der Waals surface area (Å²) in [5.74, 6) is 0. The summed E-state index contributed by atoms with van der Waals surface area (Å²) in [5.41, 5.74) is 8.52. The quantitative estimate of drug-likeness (QED) is 0.833. The summed E-state index contributed by atoms with van der Waals surface area (Å²) in [5, 5.41) is 0.811. The average molecular weight is 306 g/mol. The molecule has 1 atom stereocenters. The second kappa shape index (κ2) is 7.16. The zero-order chi connectivity index (χ0) is 14.5. The summed E-state index contributed by atoms with van der Waals surface area (Å²) >= 11 is 8.10. The molecule has 0 amide bonds. The molecule has 0 saturated heterocycles. The molecule has 2 rings (SSSR count). The summed E-state index contributed by atoms with van der Waals surface area (Å²) < 4.78 is 0. The molecule has 0 aliphatic carbocycles. The topological polar surface area (TPSA) is 26.0 Å². The third kappa shape index (κ3) is 4.02. The Labute approximate surface area is 130 Å². The number of nitrogens with two attached hydrogens (primary N) is 1. The van der Waals surface area contributed by atoms with Crippen LogP contribution in [0.15, 0.2) is 52.3 Å². The largest absolute Gasteiger partial charge is 0.327 e. The maximum atomic E-state index is 6.35. The number of aryl methyl sites for hydroxylation is 1. The maximum absolute atomic E-state index is 6.35. The van der Waals surface area contributed by atoms with E-state index in [2.05, 4.69) is 44.2 Å². The fourth-order valence-electron chi connectivity index (χ4n) is 1.97. The van der Waals surface area contributed by atoms with E-state index in [1.165, 1.54) is 15.4 Å². The Kier molecular flexibility index (Phi) is 5.53. The maximum Gasteiger partial charge on any atom is 0.0449 e. The Hall–Kier alpha value is -0.960. The van der Waals surface area contributed by atoms with E-state index in [1.807, 2.05) is 12.1 Å². The lowest BCUT2D eigenvalue weighted by Gasteiger charge is -2.15. The van der Waals surface area contributed by atoms with Crippen molar-refractivity contribution in [2.45, 2.75) is 42.5 Å². The summed E-state index contributed by atoms with van der Waals surface area (Å²) in [6.07, 6.45) is 1.78. The second-order valence-corrected chi connectivity index (χ2v) is 6.53. The van der Waals surface area contributed by atoms with E-state index in [-0.39, 0.29) is 6.04 Å². The predicted molar refractivity (Wildman–Crippen MR) is 88.7 cm³/mol. The molecule has 106 valence electrons. The van der Waals surface area contributed by atoms with Crippen molar-refractivity contribution in [2.75, 3.05) is 0 Å². The molecule has 2 aromatic carbocycles. The summed E-state index contributed by atoms with van der Waals surface area (Å²) in [6.45, 7) is 4.20. The van der Waals surface area contributed by atoms with Crippen LogP contribution in [0.4, 0.5) is 0 Å². The molecule has 0 spiro atoms. The normalized spacial score (nSPS) is 12.4. The van der Waals surface area contributed by atoms with E-state index in [9.17, 15) is 0 Å². The van der Waals surface area contributed by atoms with Crippen molar-refractivity contribution < 1.29 is 0 Å². The predicted octanol–water partition coefficient (Wildman–Crippen LogP) is 5.08. The zero-order valence-corrected chi connectivity index (χ0v) is 13.5. The minimum atomic E-state index is 0.160. The molecular formula is C17H20ClNS. The lowest BCUT2D eigenvalue weighted by molar-refractivity contribution is 0.641. The van der Waals surface area contributed by atoms with Gasteiger partial charge in [0.1, 0.15) is 0 Å². The van der Waals surface area contributed by atoms with Crippen LogP contribution in [0, 0.1) is 6.92 Å². The van der Waals surface area contributed by atoms with Crippen molar-refractivity contribution in [1.82, 2.24) is 0 Å². The van der Waals surface area contributed by atoms with Gasteiger partial charge in [0.2, 0.25) is 0 Å². The number of benzene rings is 2. The van der Waals surface area contributed by atoms with Gasteiger partial charge in [0, 0.05) is 20.9 Å². The van der Waals surface area contributed by atoms with Crippen molar-refractivity contribution >= 4 is 23.4 Å². The van der Waals surface area contributed by atoms with Crippen LogP contribution in [0.3, 0.4) is 0 Å². The average Bonchev–Trinajstić information content (AvgIpc) is 2.45. The van der Waals surface area contributed by atoms with Gasteiger partial charge in [-0.05, 0) is 49.6 Å². The molecule has 0 aliphatic rings. The summed E-state index contributed by atoms with van der Waals surface area (Å²) in [6, 6.07) is 14.8. The third-order valence-electron chi connectivity index (χ3n) is 3.32. The lowest BCUT2D eigenvalue weighted by atomic mass is 10.0. The van der Waals surface area contributed by atoms with Crippen molar-refractivity contribution in [3.8, 4) is 0 Å². The first kappa shape index (κ1) is 15.4. The van der Waals surface area contributed by atoms with Crippen LogP contribution < -0.4 is 5.73 Å². The highest BCUT2D eigenvalue weighted by Crippen LogP contribution is 2.34. The standard InChI is InChI=1S/C17H20ClNS/c1-3-13(19)11-15-16(18)5-4-6-17(15)20-14-9-7-12(2)8-10-14/h4-10,13H,3,11,19H2,1-2H3. The van der Waals surface area contributed by atoms with Crippen LogP contribution >= 0.6 is 23.4 Å². The molecule has 0 bridgehead atoms. The molecule has 0 radical (unpaired) electrons. The number of rotatable bonds is 5. The Morgan fingerprint density at radius 3 is 2.50 bits per heavy atom. The van der Waals surface area contributed by atoms with Gasteiger partial charge in [-0.2, -0.15) is 0 Å². The van der Waals surface area contributed by atoms with Gasteiger partial charge >= 0.3 is 0 Å². The molecule has 0 aliphatic heterocycles. The van der Waals surface area contributed by atoms with E-state index in [0.29, 0.717) is 0 Å². The number of hydrogen-bond acceptors (Lipinski definition) is 2. The van der Waals surface area contributed by atoms with Crippen molar-refractivity contribution in [2.24, 2.45) is 5.73 Å². The smallest absolute Gasteiger partial charge is 0.0449 e. The van der Waals surface area contributed by atoms with E-state index in [1.54, 1.807) is 11.8 Å². The Morgan fingerprint density at radius 1 is 1.15 bits per heavy atom. The molecule has 0 heterocycles. The van der Waals surface area contributed by atoms with Gasteiger partial charge in [-0.25, -0.2) is 0 Å². The second-order valence-electron chi connectivity index (χ2n) is 5.00. The zero-order valence-electron chi connectivity index (χ0n) is 11.9. The van der Waals surface area contributed by atoms with E-state index >= 15 is 0 Å². The van der Waals surface area contributed by atoms with Gasteiger partial charge in [0.25, 0.3) is 0 Å². The summed E-state index contributed by atoms with van der Waals surface area (Å²) in [7, 11) is 0. The van der Waals surface area contributed by atoms with E-state index in [4.69, 9.17) is 17.3 Å². The van der Waals surface area contributed by atoms with Crippen molar-refractivity contribution in [3.63, 3.8) is 0 Å². The molecule has 2 N–H and O–H groups in total. The van der Waals surface area contributed by atoms with Crippen LogP contribution in [0.2, 0.25) is 5.02 Å². The highest BCUT2D eigenvalue weighted by Gasteiger charge is 2.11. The highest BCUT2D eigenvalue weighted by molar-refractivity contribution is 7.99. The molecule has 3 heteroatoms. The van der Waals surface area contributed by atoms with Gasteiger partial charge in [-0.1, -0.05) is 54.0 Å². The van der Waals surface area contributed by atoms with Gasteiger partial charge in [-0.3, -0.25) is 0 Å². The van der Waals surface area contributed by atoms with Crippen molar-refractivity contribution in [1.29, 1.82) is 0 Å². The molecule has 20 heavy (non-hydrogen) atoms. The molecule has 0 saturated carbocycles. The SMILES string of the molecule is CCC(N)Cc1c(Cl)cccc1Sc1ccc(C)cc1. The van der Waals surface area contributed by atoms with Gasteiger partial charge in [0.15, 0.2) is 0 Å². The van der Waals surface area contributed by atoms with Gasteiger partial charge in [0.05, 0.1) is 0 Å². The van der Waals surface area contributed by atoms with Crippen LogP contribution in [-0.4, -0.2) is 6.04 Å². The highest BCUT2D eigenvalue weighted by atomic mass is 35.5. The van der Waals surface area contributed by atoms with Gasteiger partial charge in [-0.15, -0.1) is 0 Å². The first-order valence-corrected chi connectivity index (χ1v) is 8.07. The summed E-state index contributed by atoms with van der Waals surface area (Å²) in [4.78, 5) is 2.43. The molecule has 1 unspecified atom stereocenters. The molecule has 0 aromatic heterocycles. The fourth-order valence-corrected chi connectivity index (χ4v) is 3.27. The lowest BCUT2D eigenvalue weighted by Crippen LogP contribution is -2.21. The van der Waals surface area contributed by atoms with Crippen molar-refractivity contribution in [3.05, 3.63) is 58.6 Å². The van der Waals surface area contributed by atoms with Crippen LogP contribution in [0.1, 0.15) is 24.5 Å². The van der Waals surface area contributed by atoms with Crippen LogP contribution in [0.25, 0.3) is 0 Å². The first-order chi connectivity index (χ1) is 9.60. The Morgan fingerprint density at radius 2 is 1.85 bits per heavy atom. The first-order valence-electron chi connectivity index (χ1n) is 6.87. The number of hydrogen-bond donors (Lipinski definition) is 1. The number of halogens is 1. The van der Waals surface area contributed by atoms with E-state index in [0.717, 1.165) is 23.4 Å². The Balaban J connectivity index is 2.26. The minimum absolute atomic E-state index is 0.160. The Bertz CT molecular complexity index is 566. The molecule has 0 fully saturated rings. The van der Waals surface area contributed by atoms with Crippen LogP contribution in [-0.2, 0) is 6.42 Å². The fraction of sp³-hybridized carbons (Fsp3) is 0.294. The minimum Gasteiger partial charge on any atom is -0.327 e. The monoisotopic (exact) mass is 305 g/mol. The van der Waals surface area contributed by atoms with E-state index < -0.39 is 0 Å². The van der Waals surface area contributed by atoms with Gasteiger partial charge < -0.3 is 5.73 Å². The molecule has 1 nitrogen and oxygen atoms in total.